The zero-order valence-corrected chi connectivity index (χ0v) is 20.9. The number of oxime groups is 1. The van der Waals surface area contributed by atoms with E-state index in [1.54, 1.807) is 29.9 Å². The van der Waals surface area contributed by atoms with Crippen LogP contribution in [0.2, 0.25) is 0 Å². The molecule has 3 N–H and O–H groups in total. The molecular weight excluding hydrogens is 528 g/mol. The molecule has 4 heterocycles. The number of carboxylic acid groups (broad SMARTS) is 1. The summed E-state index contributed by atoms with van der Waals surface area (Å²) in [5, 5.41) is 21.4. The smallest absolute Gasteiger partial charge is 0.353 e. The topological polar surface area (TPSA) is 163 Å². The van der Waals surface area contributed by atoms with Crippen LogP contribution in [0.5, 0.6) is 0 Å². The van der Waals surface area contributed by atoms with E-state index in [0.29, 0.717) is 17.1 Å². The van der Waals surface area contributed by atoms with E-state index in [-0.39, 0.29) is 22.2 Å². The van der Waals surface area contributed by atoms with Crippen molar-refractivity contribution in [2.75, 3.05) is 18.2 Å². The molecule has 12 nitrogen and oxygen atoms in total. The van der Waals surface area contributed by atoms with E-state index in [4.69, 9.17) is 4.84 Å². The minimum atomic E-state index is -1.23. The van der Waals surface area contributed by atoms with Gasteiger partial charge in [-0.2, -0.15) is 0 Å². The van der Waals surface area contributed by atoms with Gasteiger partial charge in [0, 0.05) is 28.4 Å². The Bertz CT molecular complexity index is 1280. The molecule has 0 aliphatic carbocycles. The molecule has 2 aliphatic heterocycles. The number of thiazole rings is 1. The van der Waals surface area contributed by atoms with E-state index >= 15 is 0 Å². The van der Waals surface area contributed by atoms with Crippen LogP contribution < -0.4 is 10.6 Å². The van der Waals surface area contributed by atoms with Crippen LogP contribution in [-0.4, -0.2) is 74.2 Å². The van der Waals surface area contributed by atoms with Crippen LogP contribution in [0.4, 0.5) is 5.13 Å². The summed E-state index contributed by atoms with van der Waals surface area (Å²) in [4.78, 5) is 63.0. The van der Waals surface area contributed by atoms with Crippen molar-refractivity contribution in [3.63, 3.8) is 0 Å². The fraction of sp³-hybridized carbons (Fsp3) is 0.190. The summed E-state index contributed by atoms with van der Waals surface area (Å²) in [5.74, 6) is -2.16. The Morgan fingerprint density at radius 3 is 2.94 bits per heavy atom. The van der Waals surface area contributed by atoms with Gasteiger partial charge in [-0.05, 0) is 23.1 Å². The number of nitrogens with zero attached hydrogens (tertiary/aromatic N) is 4. The number of hydrogen-bond donors (Lipinski definition) is 3. The third-order valence-corrected chi connectivity index (χ3v) is 8.04. The molecule has 0 spiro atoms. The minimum absolute atomic E-state index is 0.107. The van der Waals surface area contributed by atoms with Crippen molar-refractivity contribution in [1.82, 2.24) is 20.2 Å². The van der Waals surface area contributed by atoms with Gasteiger partial charge in [-0.3, -0.25) is 24.3 Å². The van der Waals surface area contributed by atoms with Crippen LogP contribution >= 0.6 is 34.9 Å². The molecule has 1 fully saturated rings. The maximum atomic E-state index is 12.9. The van der Waals surface area contributed by atoms with Crippen LogP contribution in [0.1, 0.15) is 11.3 Å². The van der Waals surface area contributed by atoms with E-state index in [9.17, 15) is 24.3 Å². The van der Waals surface area contributed by atoms with E-state index in [2.05, 4.69) is 25.8 Å². The molecule has 2 atom stereocenters. The molecule has 2 aromatic heterocycles. The normalized spacial score (nSPS) is 19.5. The lowest BCUT2D eigenvalue weighted by Gasteiger charge is -2.49. The quantitative estimate of drug-likeness (QED) is 0.172. The highest BCUT2D eigenvalue weighted by atomic mass is 32.2. The number of rotatable bonds is 10. The number of carbonyl (C=O) groups is 4. The highest BCUT2D eigenvalue weighted by Crippen LogP contribution is 2.43. The Morgan fingerprint density at radius 1 is 1.42 bits per heavy atom. The number of aromatic nitrogens is 2. The lowest BCUT2D eigenvalue weighted by Crippen LogP contribution is -2.71. The Balaban J connectivity index is 1.48. The molecule has 4 rings (SSSR count). The van der Waals surface area contributed by atoms with E-state index in [1.165, 1.54) is 40.9 Å². The molecular formula is C21H18N6O6S3. The largest absolute Gasteiger partial charge is 0.477 e. The van der Waals surface area contributed by atoms with E-state index < -0.39 is 29.2 Å². The Kier molecular flexibility index (Phi) is 8.02. The monoisotopic (exact) mass is 546 g/mol. The van der Waals surface area contributed by atoms with Gasteiger partial charge in [-0.15, -0.1) is 23.1 Å². The summed E-state index contributed by atoms with van der Waals surface area (Å²) in [5.41, 5.74) is 0.707. The predicted octanol–water partition coefficient (Wildman–Crippen LogP) is 1.56. The van der Waals surface area contributed by atoms with E-state index in [0.717, 1.165) is 16.9 Å². The molecule has 1 saturated heterocycles. The first kappa shape index (κ1) is 25.4. The van der Waals surface area contributed by atoms with Gasteiger partial charge in [0.2, 0.25) is 6.41 Å². The number of hydrogen-bond acceptors (Lipinski definition) is 11. The zero-order chi connectivity index (χ0) is 25.7. The summed E-state index contributed by atoms with van der Waals surface area (Å²) in [6, 6.07) is 2.70. The molecule has 0 aromatic carbocycles. The van der Waals surface area contributed by atoms with Gasteiger partial charge in [0.15, 0.2) is 10.8 Å². The Hall–Kier alpha value is -3.69. The van der Waals surface area contributed by atoms with Crippen molar-refractivity contribution in [2.45, 2.75) is 11.4 Å². The molecule has 3 amide bonds. The van der Waals surface area contributed by atoms with Gasteiger partial charge in [-0.25, -0.2) is 9.78 Å². The highest BCUT2D eigenvalue weighted by molar-refractivity contribution is 8.08. The molecule has 0 radical (unpaired) electrons. The molecule has 15 heteroatoms. The third-order valence-electron chi connectivity index (χ3n) is 4.90. The summed E-state index contributed by atoms with van der Waals surface area (Å²) < 4.78 is 0. The number of pyridine rings is 1. The first-order chi connectivity index (χ1) is 17.4. The lowest BCUT2D eigenvalue weighted by atomic mass is 10.0. The highest BCUT2D eigenvalue weighted by Gasteiger charge is 2.54. The second-order valence-corrected chi connectivity index (χ2v) is 10.0. The minimum Gasteiger partial charge on any atom is -0.477 e. The van der Waals surface area contributed by atoms with Crippen molar-refractivity contribution in [3.05, 3.63) is 57.2 Å². The SMILES string of the molecule is CO/N=C(\C(=O)NC1C(=O)N2C(C(=O)O)=C(S/C=C\c3cccnc3)CS[C@H]12)c1csc(NC=O)n1. The van der Waals surface area contributed by atoms with Crippen LogP contribution in [0.25, 0.3) is 6.08 Å². The number of carbonyl (C=O) groups excluding carboxylic acids is 3. The standard InChI is InChI=1S/C21H18N6O6S3/c1-33-26-14(12-8-36-21(24-12)23-10-28)17(29)25-15-18(30)27-16(20(31)32)13(9-35-19(15)27)34-6-4-11-3-2-5-22-7-11/h2-8,10,15,19H,9H2,1H3,(H,25,29)(H,31,32)(H,23,24,28)/b6-4-,26-14-/t15?,19-/m1/s1. The molecule has 2 aliphatic rings. The maximum absolute atomic E-state index is 12.9. The van der Waals surface area contributed by atoms with Gasteiger partial charge < -0.3 is 20.6 Å². The molecule has 186 valence electrons. The Labute approximate surface area is 216 Å². The van der Waals surface area contributed by atoms with Gasteiger partial charge in [0.25, 0.3) is 11.8 Å². The van der Waals surface area contributed by atoms with Gasteiger partial charge in [-0.1, -0.05) is 23.0 Å². The number of aliphatic carboxylic acids is 1. The summed E-state index contributed by atoms with van der Waals surface area (Å²) in [6.45, 7) is 0. The number of amides is 3. The van der Waals surface area contributed by atoms with E-state index in [1.807, 2.05) is 6.07 Å². The molecule has 0 bridgehead atoms. The third kappa shape index (κ3) is 5.27. The lowest BCUT2D eigenvalue weighted by molar-refractivity contribution is -0.150. The zero-order valence-electron chi connectivity index (χ0n) is 18.5. The maximum Gasteiger partial charge on any atom is 0.353 e. The molecule has 0 saturated carbocycles. The summed E-state index contributed by atoms with van der Waals surface area (Å²) in [7, 11) is 1.25. The van der Waals surface area contributed by atoms with Gasteiger partial charge in [0.1, 0.15) is 29.9 Å². The fourth-order valence-electron chi connectivity index (χ4n) is 3.36. The summed E-state index contributed by atoms with van der Waals surface area (Å²) >= 11 is 3.64. The molecule has 2 aromatic rings. The van der Waals surface area contributed by atoms with Gasteiger partial charge >= 0.3 is 5.97 Å². The number of β-lactam (4-membered cyclic amide) rings is 1. The average Bonchev–Trinajstić information content (AvgIpc) is 3.34. The van der Waals surface area contributed by atoms with Crippen molar-refractivity contribution in [1.29, 1.82) is 0 Å². The average molecular weight is 547 g/mol. The number of anilines is 1. The van der Waals surface area contributed by atoms with Gasteiger partial charge in [0.05, 0.1) is 0 Å². The molecule has 1 unspecified atom stereocenters. The van der Waals surface area contributed by atoms with Crippen LogP contribution in [-0.2, 0) is 24.0 Å². The first-order valence-corrected chi connectivity index (χ1v) is 13.0. The molecule has 36 heavy (non-hydrogen) atoms. The number of carboxylic acids is 1. The van der Waals surface area contributed by atoms with Crippen molar-refractivity contribution >= 4 is 76.0 Å². The number of fused-ring (bicyclic) bond motifs is 1. The van der Waals surface area contributed by atoms with Crippen molar-refractivity contribution in [3.8, 4) is 0 Å². The number of nitrogens with one attached hydrogen (secondary N) is 2. The van der Waals surface area contributed by atoms with Crippen LogP contribution in [0, 0.1) is 0 Å². The van der Waals surface area contributed by atoms with Crippen LogP contribution in [0.15, 0.2) is 51.1 Å². The second kappa shape index (κ2) is 11.4. The first-order valence-electron chi connectivity index (χ1n) is 10.2. The summed E-state index contributed by atoms with van der Waals surface area (Å²) in [6.07, 6.45) is 5.58. The van der Waals surface area contributed by atoms with Crippen molar-refractivity contribution < 1.29 is 29.1 Å². The Morgan fingerprint density at radius 2 is 2.25 bits per heavy atom. The fourth-order valence-corrected chi connectivity index (χ4v) is 6.37. The second-order valence-electron chi connectivity index (χ2n) is 7.07. The number of thioether (sulfide) groups is 2. The van der Waals surface area contributed by atoms with Crippen molar-refractivity contribution in [2.24, 2.45) is 5.16 Å². The predicted molar refractivity (Wildman–Crippen MR) is 136 cm³/mol. The van der Waals surface area contributed by atoms with Crippen LogP contribution in [0.3, 0.4) is 0 Å².